The molecule has 17 heavy (non-hydrogen) atoms. The van der Waals surface area contributed by atoms with Crippen LogP contribution in [0.4, 0.5) is 5.69 Å². The number of nitrogens with one attached hydrogen (secondary N) is 1. The van der Waals surface area contributed by atoms with Crippen molar-refractivity contribution in [3.8, 4) is 0 Å². The van der Waals surface area contributed by atoms with Crippen LogP contribution in [0.15, 0.2) is 29.2 Å². The lowest BCUT2D eigenvalue weighted by molar-refractivity contribution is 0.141. The Kier molecular flexibility index (Phi) is 4.13. The van der Waals surface area contributed by atoms with Crippen LogP contribution in [0.2, 0.25) is 0 Å². The molecule has 0 amide bonds. The van der Waals surface area contributed by atoms with Gasteiger partial charge >= 0.3 is 0 Å². The normalized spacial score (nSPS) is 12.6. The summed E-state index contributed by atoms with van der Waals surface area (Å²) in [5.41, 5.74) is 5.19. The molecular formula is C11H18N2O3S. The van der Waals surface area contributed by atoms with Crippen molar-refractivity contribution in [1.82, 2.24) is 4.72 Å². The topological polar surface area (TPSA) is 81.4 Å². The molecule has 0 radical (unpaired) electrons. The Labute approximate surface area is 102 Å². The second-order valence-electron chi connectivity index (χ2n) is 4.46. The molecule has 0 saturated heterocycles. The van der Waals surface area contributed by atoms with Crippen LogP contribution in [-0.4, -0.2) is 27.7 Å². The standard InChI is InChI=1S/C11H18N2O3S/c1-11(2,8-16-3)13-17(14,15)10-7-5-4-6-9(10)12/h4-7,13H,8,12H2,1-3H3. The van der Waals surface area contributed by atoms with E-state index in [2.05, 4.69) is 4.72 Å². The first kappa shape index (κ1) is 14.0. The summed E-state index contributed by atoms with van der Waals surface area (Å²) in [5.74, 6) is 0. The SMILES string of the molecule is COCC(C)(C)NS(=O)(=O)c1ccccc1N. The Hall–Kier alpha value is -1.11. The molecule has 0 spiro atoms. The minimum atomic E-state index is -3.63. The van der Waals surface area contributed by atoms with Gasteiger partial charge in [-0.3, -0.25) is 0 Å². The van der Waals surface area contributed by atoms with Crippen LogP contribution in [0, 0.1) is 0 Å². The van der Waals surface area contributed by atoms with Gasteiger partial charge in [0, 0.05) is 7.11 Å². The van der Waals surface area contributed by atoms with E-state index < -0.39 is 15.6 Å². The van der Waals surface area contributed by atoms with Crippen LogP contribution in [0.1, 0.15) is 13.8 Å². The van der Waals surface area contributed by atoms with E-state index in [-0.39, 0.29) is 17.2 Å². The Bertz CT molecular complexity index is 483. The lowest BCUT2D eigenvalue weighted by atomic mass is 10.1. The Balaban J connectivity index is 3.02. The van der Waals surface area contributed by atoms with Crippen LogP contribution >= 0.6 is 0 Å². The molecule has 3 N–H and O–H groups in total. The highest BCUT2D eigenvalue weighted by atomic mass is 32.2. The summed E-state index contributed by atoms with van der Waals surface area (Å²) < 4.78 is 31.7. The van der Waals surface area contributed by atoms with Crippen molar-refractivity contribution in [1.29, 1.82) is 0 Å². The van der Waals surface area contributed by atoms with Gasteiger partial charge in [-0.2, -0.15) is 0 Å². The zero-order valence-corrected chi connectivity index (χ0v) is 11.0. The molecule has 0 aliphatic heterocycles. The van der Waals surface area contributed by atoms with Crippen LogP contribution in [0.25, 0.3) is 0 Å². The van der Waals surface area contributed by atoms with Gasteiger partial charge in [0.05, 0.1) is 17.8 Å². The van der Waals surface area contributed by atoms with Gasteiger partial charge < -0.3 is 10.5 Å². The van der Waals surface area contributed by atoms with Gasteiger partial charge in [-0.25, -0.2) is 13.1 Å². The minimum Gasteiger partial charge on any atom is -0.398 e. The third kappa shape index (κ3) is 3.69. The predicted octanol–water partition coefficient (Wildman–Crippen LogP) is 0.972. The Morgan fingerprint density at radius 1 is 1.35 bits per heavy atom. The molecule has 0 unspecified atom stereocenters. The number of methoxy groups -OCH3 is 1. The van der Waals surface area contributed by atoms with Gasteiger partial charge in [0.15, 0.2) is 0 Å². The molecule has 6 heteroatoms. The van der Waals surface area contributed by atoms with Gasteiger partial charge in [-0.15, -0.1) is 0 Å². The minimum absolute atomic E-state index is 0.0872. The van der Waals surface area contributed by atoms with Crippen LogP contribution < -0.4 is 10.5 Å². The molecule has 0 fully saturated rings. The maximum Gasteiger partial charge on any atom is 0.243 e. The third-order valence-electron chi connectivity index (χ3n) is 2.12. The number of hydrogen-bond acceptors (Lipinski definition) is 4. The summed E-state index contributed by atoms with van der Waals surface area (Å²) in [6.07, 6.45) is 0. The summed E-state index contributed by atoms with van der Waals surface area (Å²) in [6.45, 7) is 3.76. The van der Waals surface area contributed by atoms with E-state index in [1.807, 2.05) is 0 Å². The van der Waals surface area contributed by atoms with Crippen molar-refractivity contribution >= 4 is 15.7 Å². The van der Waals surface area contributed by atoms with Crippen molar-refractivity contribution in [2.45, 2.75) is 24.3 Å². The first-order valence-electron chi connectivity index (χ1n) is 5.16. The largest absolute Gasteiger partial charge is 0.398 e. The van der Waals surface area contributed by atoms with Crippen molar-refractivity contribution in [3.63, 3.8) is 0 Å². The number of benzene rings is 1. The molecule has 5 nitrogen and oxygen atoms in total. The van der Waals surface area contributed by atoms with Crippen molar-refractivity contribution in [2.24, 2.45) is 0 Å². The second-order valence-corrected chi connectivity index (χ2v) is 6.11. The number of rotatable bonds is 5. The molecule has 0 saturated carbocycles. The molecule has 96 valence electrons. The van der Waals surface area contributed by atoms with E-state index in [1.165, 1.54) is 13.2 Å². The van der Waals surface area contributed by atoms with Crippen LogP contribution in [-0.2, 0) is 14.8 Å². The van der Waals surface area contributed by atoms with E-state index in [0.29, 0.717) is 0 Å². The lowest BCUT2D eigenvalue weighted by Crippen LogP contribution is -2.46. The number of para-hydroxylation sites is 1. The quantitative estimate of drug-likeness (QED) is 0.771. The Morgan fingerprint density at radius 2 is 1.94 bits per heavy atom. The van der Waals surface area contributed by atoms with Crippen molar-refractivity contribution < 1.29 is 13.2 Å². The van der Waals surface area contributed by atoms with Crippen molar-refractivity contribution in [2.75, 3.05) is 19.5 Å². The summed E-state index contributed by atoms with van der Waals surface area (Å²) in [6, 6.07) is 6.35. The monoisotopic (exact) mass is 258 g/mol. The van der Waals surface area contributed by atoms with E-state index in [9.17, 15) is 8.42 Å². The molecule has 0 atom stereocenters. The average Bonchev–Trinajstić information content (AvgIpc) is 2.15. The summed E-state index contributed by atoms with van der Waals surface area (Å²) >= 11 is 0. The van der Waals surface area contributed by atoms with E-state index >= 15 is 0 Å². The van der Waals surface area contributed by atoms with E-state index in [1.54, 1.807) is 32.0 Å². The van der Waals surface area contributed by atoms with Crippen LogP contribution in [0.5, 0.6) is 0 Å². The molecule has 0 aliphatic rings. The first-order valence-corrected chi connectivity index (χ1v) is 6.64. The van der Waals surface area contributed by atoms with Gasteiger partial charge in [0.1, 0.15) is 4.90 Å². The number of hydrogen-bond donors (Lipinski definition) is 2. The smallest absolute Gasteiger partial charge is 0.243 e. The third-order valence-corrected chi connectivity index (χ3v) is 3.90. The van der Waals surface area contributed by atoms with Gasteiger partial charge in [0.25, 0.3) is 0 Å². The summed E-state index contributed by atoms with van der Waals surface area (Å²) in [4.78, 5) is 0.0872. The highest BCUT2D eigenvalue weighted by molar-refractivity contribution is 7.89. The highest BCUT2D eigenvalue weighted by Gasteiger charge is 2.27. The molecule has 0 heterocycles. The molecule has 0 aromatic heterocycles. The molecule has 0 aliphatic carbocycles. The second kappa shape index (κ2) is 5.03. The molecular weight excluding hydrogens is 240 g/mol. The fraction of sp³-hybridized carbons (Fsp3) is 0.455. The van der Waals surface area contributed by atoms with E-state index in [4.69, 9.17) is 10.5 Å². The van der Waals surface area contributed by atoms with Gasteiger partial charge in [-0.1, -0.05) is 12.1 Å². The number of ether oxygens (including phenoxy) is 1. The van der Waals surface area contributed by atoms with Crippen LogP contribution in [0.3, 0.4) is 0 Å². The average molecular weight is 258 g/mol. The zero-order valence-electron chi connectivity index (χ0n) is 10.2. The van der Waals surface area contributed by atoms with Gasteiger partial charge in [0.2, 0.25) is 10.0 Å². The highest BCUT2D eigenvalue weighted by Crippen LogP contribution is 2.19. The summed E-state index contributed by atoms with van der Waals surface area (Å²) in [5, 5.41) is 0. The maximum absolute atomic E-state index is 12.1. The fourth-order valence-corrected chi connectivity index (χ4v) is 3.07. The fourth-order valence-electron chi connectivity index (χ4n) is 1.53. The first-order chi connectivity index (χ1) is 7.78. The van der Waals surface area contributed by atoms with Crippen molar-refractivity contribution in [3.05, 3.63) is 24.3 Å². The van der Waals surface area contributed by atoms with E-state index in [0.717, 1.165) is 0 Å². The number of sulfonamides is 1. The lowest BCUT2D eigenvalue weighted by Gasteiger charge is -2.25. The predicted molar refractivity (Wildman–Crippen MR) is 67.1 cm³/mol. The number of anilines is 1. The summed E-state index contributed by atoms with van der Waals surface area (Å²) in [7, 11) is -2.11. The Morgan fingerprint density at radius 3 is 2.47 bits per heavy atom. The zero-order chi connectivity index (χ0) is 13.1. The molecule has 1 aromatic carbocycles. The molecule has 1 aromatic rings. The molecule has 1 rings (SSSR count). The number of nitrogen functional groups attached to an aromatic ring is 1. The molecule has 0 bridgehead atoms. The maximum atomic E-state index is 12.1. The number of nitrogens with two attached hydrogens (primary N) is 1. The van der Waals surface area contributed by atoms with Gasteiger partial charge in [-0.05, 0) is 26.0 Å².